The fraction of sp³-hybridized carbons (Fsp3) is 0. The molecule has 0 amide bonds. The maximum absolute atomic E-state index is 2.40. The van der Waals surface area contributed by atoms with Crippen LogP contribution in [0.1, 0.15) is 0 Å². The van der Waals surface area contributed by atoms with Gasteiger partial charge in [-0.1, -0.05) is 346 Å². The Hall–Kier alpha value is -10.0. The molecular weight excluding hydrogens is 1120 g/mol. The van der Waals surface area contributed by atoms with E-state index in [9.17, 15) is 0 Å². The fourth-order valence-electron chi connectivity index (χ4n) is 13.3. The summed E-state index contributed by atoms with van der Waals surface area (Å²) in [6.07, 6.45) is 0. The molecule has 86 heavy (non-hydrogen) atoms. The molecule has 0 N–H and O–H groups in total. The zero-order valence-corrected chi connectivity index (χ0v) is 49.9. The van der Waals surface area contributed by atoms with Crippen LogP contribution in [0.15, 0.2) is 346 Å². The first-order valence-corrected chi connectivity index (χ1v) is 30.7. The second-order valence-corrected chi connectivity index (χ2v) is 23.7. The molecule has 0 heterocycles. The summed E-state index contributed by atoms with van der Waals surface area (Å²) in [5.41, 5.74) is 21.4. The van der Waals surface area contributed by atoms with Gasteiger partial charge < -0.3 is 0 Å². The zero-order valence-electron chi connectivity index (χ0n) is 47.3. The molecule has 0 radical (unpaired) electrons. The maximum atomic E-state index is 2.40. The summed E-state index contributed by atoms with van der Waals surface area (Å²) in [6.45, 7) is 0. The van der Waals surface area contributed by atoms with E-state index in [4.69, 9.17) is 0 Å². The van der Waals surface area contributed by atoms with Crippen molar-refractivity contribution >= 4 is 73.1 Å². The van der Waals surface area contributed by atoms with Crippen LogP contribution in [-0.4, -0.2) is 0 Å². The van der Waals surface area contributed by atoms with Crippen molar-refractivity contribution in [3.05, 3.63) is 346 Å². The van der Waals surface area contributed by atoms with E-state index < -0.39 is 7.92 Å². The number of hydrogen-bond donors (Lipinski definition) is 0. The van der Waals surface area contributed by atoms with Crippen LogP contribution >= 0.6 is 24.9 Å². The van der Waals surface area contributed by atoms with Gasteiger partial charge in [0, 0.05) is 15.9 Å². The maximum Gasteiger partial charge on any atom is 0.00195 e. The van der Waals surface area contributed by atoms with Gasteiger partial charge in [-0.05, 0) is 140 Å². The molecule has 0 aliphatic rings. The highest BCUT2D eigenvalue weighted by Gasteiger charge is 2.39. The van der Waals surface area contributed by atoms with Crippen molar-refractivity contribution in [2.75, 3.05) is 0 Å². The zero-order chi connectivity index (χ0) is 56.5. The number of hydrogen-bond acceptors (Lipinski definition) is 0. The lowest BCUT2D eigenvalue weighted by Crippen LogP contribution is -2.30. The van der Waals surface area contributed by atoms with Crippen LogP contribution in [-0.2, 0) is 0 Å². The van der Waals surface area contributed by atoms with Crippen molar-refractivity contribution in [2.24, 2.45) is 0 Å². The SMILES string of the molecule is Br.c1ccc(-c2c(P(c3c(-c4ccccc4)c(-c4ccccc4)c4ccccc4c3-c3ccccc3)c3c(-c4ccccc4)c(-c4ccccc4)c4ccccc4c3-c3ccccc3)c(-c3ccccc3)c3ccccc3c2-c2ccccc2)cc1. The summed E-state index contributed by atoms with van der Waals surface area (Å²) < 4.78 is 0. The van der Waals surface area contributed by atoms with E-state index in [-0.39, 0.29) is 17.0 Å². The average molecular weight is 1180 g/mol. The molecule has 15 rings (SSSR count). The van der Waals surface area contributed by atoms with Crippen molar-refractivity contribution in [1.82, 2.24) is 0 Å². The Morgan fingerprint density at radius 1 is 0.128 bits per heavy atom. The Labute approximate surface area is 515 Å². The third kappa shape index (κ3) is 9.57. The minimum absolute atomic E-state index is 0. The summed E-state index contributed by atoms with van der Waals surface area (Å²) in [4.78, 5) is 0. The lowest BCUT2D eigenvalue weighted by molar-refractivity contribution is 1.60. The Morgan fingerprint density at radius 2 is 0.256 bits per heavy atom. The van der Waals surface area contributed by atoms with Gasteiger partial charge in [-0.25, -0.2) is 0 Å². The average Bonchev–Trinajstić information content (AvgIpc) is 0.736. The Morgan fingerprint density at radius 3 is 0.430 bits per heavy atom. The summed E-state index contributed by atoms with van der Waals surface area (Å²) >= 11 is 0. The van der Waals surface area contributed by atoms with E-state index in [1.54, 1.807) is 0 Å². The van der Waals surface area contributed by atoms with Crippen molar-refractivity contribution in [3.63, 3.8) is 0 Å². The third-order valence-electron chi connectivity index (χ3n) is 16.8. The number of fused-ring (bicyclic) bond motifs is 3. The van der Waals surface area contributed by atoms with Gasteiger partial charge in [0.25, 0.3) is 0 Å². The Kier molecular flexibility index (Phi) is 15.0. The number of rotatable bonds is 12. The molecule has 0 nitrogen and oxygen atoms in total. The van der Waals surface area contributed by atoms with Crippen LogP contribution in [0.5, 0.6) is 0 Å². The largest absolute Gasteiger partial charge is 0.114 e. The van der Waals surface area contributed by atoms with E-state index in [2.05, 4.69) is 346 Å². The van der Waals surface area contributed by atoms with Crippen molar-refractivity contribution in [1.29, 1.82) is 0 Å². The van der Waals surface area contributed by atoms with Crippen molar-refractivity contribution in [3.8, 4) is 100 Å². The van der Waals surface area contributed by atoms with Crippen molar-refractivity contribution in [2.45, 2.75) is 0 Å². The molecule has 15 aromatic carbocycles. The highest BCUT2D eigenvalue weighted by atomic mass is 79.9. The third-order valence-corrected chi connectivity index (χ3v) is 19.5. The van der Waals surface area contributed by atoms with Crippen LogP contribution in [0.4, 0.5) is 0 Å². The van der Waals surface area contributed by atoms with Crippen molar-refractivity contribution < 1.29 is 0 Å². The highest BCUT2D eigenvalue weighted by Crippen LogP contribution is 2.58. The minimum Gasteiger partial charge on any atom is -0.114 e. The molecule has 0 atom stereocenters. The van der Waals surface area contributed by atoms with E-state index >= 15 is 0 Å². The molecule has 0 spiro atoms. The second kappa shape index (κ2) is 23.9. The van der Waals surface area contributed by atoms with Gasteiger partial charge in [0.15, 0.2) is 0 Å². The van der Waals surface area contributed by atoms with Gasteiger partial charge in [0.2, 0.25) is 0 Å². The van der Waals surface area contributed by atoms with Gasteiger partial charge in [0.05, 0.1) is 0 Å². The quantitative estimate of drug-likeness (QED) is 0.107. The summed E-state index contributed by atoms with van der Waals surface area (Å²) in [7, 11) is -1.85. The van der Waals surface area contributed by atoms with Crippen LogP contribution in [0.3, 0.4) is 0 Å². The number of benzene rings is 15. The van der Waals surface area contributed by atoms with Gasteiger partial charge in [0.1, 0.15) is 0 Å². The minimum atomic E-state index is -1.85. The predicted molar refractivity (Wildman–Crippen MR) is 377 cm³/mol. The summed E-state index contributed by atoms with van der Waals surface area (Å²) in [5, 5.41) is 11.1. The van der Waals surface area contributed by atoms with Crippen LogP contribution in [0.2, 0.25) is 0 Å². The van der Waals surface area contributed by atoms with Crippen LogP contribution in [0.25, 0.3) is 132 Å². The molecule has 0 saturated carbocycles. The topological polar surface area (TPSA) is 0 Å². The Balaban J connectivity index is 0.00000653. The fourth-order valence-corrected chi connectivity index (χ4v) is 16.8. The normalized spacial score (nSPS) is 11.3. The lowest BCUT2D eigenvalue weighted by Gasteiger charge is -2.37. The molecular formula is C84H58BrP. The lowest BCUT2D eigenvalue weighted by atomic mass is 9.84. The molecule has 0 saturated heterocycles. The second-order valence-electron chi connectivity index (χ2n) is 21.7. The van der Waals surface area contributed by atoms with Gasteiger partial charge >= 0.3 is 0 Å². The van der Waals surface area contributed by atoms with Gasteiger partial charge in [-0.3, -0.25) is 0 Å². The van der Waals surface area contributed by atoms with E-state index in [0.29, 0.717) is 0 Å². The standard InChI is InChI=1S/C84H57P.BrH/c1-10-34-58(35-11-1)73-67-52-28-31-55-70(67)76(61-40-16-4-17-41-61)82(79(73)64-46-22-7-23-47-64)85(83-77(62-42-18-5-19-43-62)71-56-32-29-53-68(71)74(59-36-12-2-13-37-59)80(83)65-48-24-8-25-49-65)84-78(63-44-20-6-21-45-63)72-57-33-30-54-69(72)75(60-38-14-3-15-39-60)81(84)66-50-26-9-27-51-66;/h1-57H;1H. The van der Waals surface area contributed by atoms with Crippen LogP contribution < -0.4 is 15.9 Å². The molecule has 0 fully saturated rings. The highest BCUT2D eigenvalue weighted by molar-refractivity contribution is 8.93. The van der Waals surface area contributed by atoms with E-state index in [1.165, 1.54) is 115 Å². The van der Waals surface area contributed by atoms with E-state index in [0.717, 1.165) is 33.4 Å². The molecule has 0 bridgehead atoms. The predicted octanol–water partition coefficient (Wildman–Crippen LogP) is 22.5. The molecule has 0 aromatic heterocycles. The van der Waals surface area contributed by atoms with E-state index in [1.807, 2.05) is 0 Å². The van der Waals surface area contributed by atoms with Gasteiger partial charge in [-0.2, -0.15) is 0 Å². The smallest absolute Gasteiger partial charge is 0.00195 e. The Bertz CT molecular complexity index is 4370. The first-order valence-electron chi connectivity index (χ1n) is 29.3. The molecule has 0 aliphatic carbocycles. The first-order chi connectivity index (χ1) is 42.3. The first kappa shape index (κ1) is 54.0. The molecule has 406 valence electrons. The molecule has 0 aliphatic heterocycles. The van der Waals surface area contributed by atoms with Crippen LogP contribution in [0, 0.1) is 0 Å². The molecule has 2 heteroatoms. The molecule has 15 aromatic rings. The monoisotopic (exact) mass is 1180 g/mol. The molecule has 0 unspecified atom stereocenters. The summed E-state index contributed by atoms with van der Waals surface area (Å²) in [5.74, 6) is 0. The number of halogens is 1. The summed E-state index contributed by atoms with van der Waals surface area (Å²) in [6, 6.07) is 129. The van der Waals surface area contributed by atoms with Gasteiger partial charge in [-0.15, -0.1) is 17.0 Å².